The Labute approximate surface area is 152 Å². The molecule has 3 aromatic rings. The lowest BCUT2D eigenvalue weighted by atomic mass is 10.2. The van der Waals surface area contributed by atoms with Crippen LogP contribution >= 0.6 is 11.3 Å². The first-order valence-electron chi connectivity index (χ1n) is 8.33. The van der Waals surface area contributed by atoms with Gasteiger partial charge in [0.25, 0.3) is 0 Å². The molecule has 1 aromatic carbocycles. The molecule has 0 saturated carbocycles. The minimum atomic E-state index is 0.455. The van der Waals surface area contributed by atoms with Crippen LogP contribution in [0, 0.1) is 12.8 Å². The van der Waals surface area contributed by atoms with Gasteiger partial charge in [-0.1, -0.05) is 44.2 Å². The number of rotatable bonds is 7. The van der Waals surface area contributed by atoms with Crippen LogP contribution in [0.15, 0.2) is 42.6 Å². The van der Waals surface area contributed by atoms with Crippen molar-refractivity contribution < 1.29 is 4.74 Å². The van der Waals surface area contributed by atoms with E-state index >= 15 is 0 Å². The fourth-order valence-electron chi connectivity index (χ4n) is 2.21. The standard InChI is InChI=1S/C19H22N4OS/c1-13(2)11-21-19-20-10-9-17(23-19)24-12-16-14(3)22-18(25-16)15-7-5-4-6-8-15/h4-10,13H,11-12H2,1-3H3,(H,20,21,23). The Hall–Kier alpha value is -2.47. The van der Waals surface area contributed by atoms with Gasteiger partial charge >= 0.3 is 0 Å². The zero-order valence-corrected chi connectivity index (χ0v) is 15.5. The van der Waals surface area contributed by atoms with E-state index in [4.69, 9.17) is 4.74 Å². The summed E-state index contributed by atoms with van der Waals surface area (Å²) in [6, 6.07) is 12.0. The highest BCUT2D eigenvalue weighted by Crippen LogP contribution is 2.28. The maximum Gasteiger partial charge on any atom is 0.225 e. The molecule has 0 fully saturated rings. The van der Waals surface area contributed by atoms with E-state index in [1.54, 1.807) is 23.6 Å². The van der Waals surface area contributed by atoms with Gasteiger partial charge in [0, 0.05) is 24.4 Å². The predicted octanol–water partition coefficient (Wildman–Crippen LogP) is 4.56. The Morgan fingerprint density at radius 3 is 2.68 bits per heavy atom. The van der Waals surface area contributed by atoms with Crippen LogP contribution in [0.25, 0.3) is 10.6 Å². The van der Waals surface area contributed by atoms with Crippen LogP contribution < -0.4 is 10.1 Å². The lowest BCUT2D eigenvalue weighted by Crippen LogP contribution is -2.10. The number of hydrogen-bond donors (Lipinski definition) is 1. The van der Waals surface area contributed by atoms with Crippen molar-refractivity contribution in [2.24, 2.45) is 5.92 Å². The Bertz CT molecular complexity index is 817. The second-order valence-electron chi connectivity index (χ2n) is 6.18. The summed E-state index contributed by atoms with van der Waals surface area (Å²) in [5.41, 5.74) is 2.13. The number of thiazole rings is 1. The van der Waals surface area contributed by atoms with Crippen LogP contribution in [0.2, 0.25) is 0 Å². The molecule has 5 nitrogen and oxygen atoms in total. The Morgan fingerprint density at radius 2 is 1.92 bits per heavy atom. The fraction of sp³-hybridized carbons (Fsp3) is 0.316. The van der Waals surface area contributed by atoms with Crippen molar-refractivity contribution in [2.45, 2.75) is 27.4 Å². The van der Waals surface area contributed by atoms with Gasteiger partial charge in [0.2, 0.25) is 11.8 Å². The van der Waals surface area contributed by atoms with Gasteiger partial charge in [-0.05, 0) is 12.8 Å². The molecule has 0 unspecified atom stereocenters. The maximum atomic E-state index is 5.85. The largest absolute Gasteiger partial charge is 0.472 e. The van der Waals surface area contributed by atoms with Gasteiger partial charge in [0.05, 0.1) is 10.6 Å². The van der Waals surface area contributed by atoms with Gasteiger partial charge in [0.1, 0.15) is 11.6 Å². The lowest BCUT2D eigenvalue weighted by molar-refractivity contribution is 0.296. The van der Waals surface area contributed by atoms with E-state index < -0.39 is 0 Å². The van der Waals surface area contributed by atoms with Gasteiger partial charge in [-0.25, -0.2) is 9.97 Å². The first kappa shape index (κ1) is 17.4. The molecule has 0 radical (unpaired) electrons. The smallest absolute Gasteiger partial charge is 0.225 e. The summed E-state index contributed by atoms with van der Waals surface area (Å²) in [7, 11) is 0. The highest BCUT2D eigenvalue weighted by Gasteiger charge is 2.10. The van der Waals surface area contributed by atoms with Crippen LogP contribution in [0.3, 0.4) is 0 Å². The Morgan fingerprint density at radius 1 is 1.12 bits per heavy atom. The van der Waals surface area contributed by atoms with Crippen molar-refractivity contribution in [1.82, 2.24) is 15.0 Å². The summed E-state index contributed by atoms with van der Waals surface area (Å²) in [6.45, 7) is 7.58. The zero-order chi connectivity index (χ0) is 17.6. The fourth-order valence-corrected chi connectivity index (χ4v) is 3.19. The highest BCUT2D eigenvalue weighted by molar-refractivity contribution is 7.15. The summed E-state index contributed by atoms with van der Waals surface area (Å²) in [4.78, 5) is 14.4. The third kappa shape index (κ3) is 4.76. The third-order valence-electron chi connectivity index (χ3n) is 3.56. The molecule has 0 spiro atoms. The number of anilines is 1. The Balaban J connectivity index is 1.66. The van der Waals surface area contributed by atoms with Crippen molar-refractivity contribution in [3.8, 4) is 16.5 Å². The second-order valence-corrected chi connectivity index (χ2v) is 7.26. The number of ether oxygens (including phenoxy) is 1. The minimum Gasteiger partial charge on any atom is -0.472 e. The van der Waals surface area contributed by atoms with E-state index in [1.165, 1.54) is 0 Å². The molecule has 25 heavy (non-hydrogen) atoms. The van der Waals surface area contributed by atoms with Crippen LogP contribution in [-0.4, -0.2) is 21.5 Å². The summed E-state index contributed by atoms with van der Waals surface area (Å²) in [5, 5.41) is 4.22. The first-order valence-corrected chi connectivity index (χ1v) is 9.15. The molecule has 0 atom stereocenters. The van der Waals surface area contributed by atoms with Gasteiger partial charge in [-0.15, -0.1) is 11.3 Å². The van der Waals surface area contributed by atoms with E-state index in [2.05, 4.69) is 46.2 Å². The maximum absolute atomic E-state index is 5.85. The topological polar surface area (TPSA) is 59.9 Å². The lowest BCUT2D eigenvalue weighted by Gasteiger charge is -2.09. The number of nitrogens with one attached hydrogen (secondary N) is 1. The molecule has 0 saturated heterocycles. The summed E-state index contributed by atoms with van der Waals surface area (Å²) >= 11 is 1.66. The molecule has 0 bridgehead atoms. The average Bonchev–Trinajstić information content (AvgIpc) is 3.00. The average molecular weight is 354 g/mol. The minimum absolute atomic E-state index is 0.455. The molecule has 0 aliphatic rings. The molecule has 3 rings (SSSR count). The van der Waals surface area contributed by atoms with Gasteiger partial charge in [-0.3, -0.25) is 0 Å². The second kappa shape index (κ2) is 8.07. The van der Waals surface area contributed by atoms with E-state index in [1.807, 2.05) is 25.1 Å². The first-order chi connectivity index (χ1) is 12.1. The van der Waals surface area contributed by atoms with Crippen molar-refractivity contribution in [3.63, 3.8) is 0 Å². The molecule has 0 aliphatic heterocycles. The summed E-state index contributed by atoms with van der Waals surface area (Å²) < 4.78 is 5.85. The predicted molar refractivity (Wildman–Crippen MR) is 102 cm³/mol. The van der Waals surface area contributed by atoms with Crippen molar-refractivity contribution in [2.75, 3.05) is 11.9 Å². The molecule has 6 heteroatoms. The molecule has 0 amide bonds. The van der Waals surface area contributed by atoms with Crippen LogP contribution in [-0.2, 0) is 6.61 Å². The van der Waals surface area contributed by atoms with Crippen LogP contribution in [0.4, 0.5) is 5.95 Å². The molecule has 2 heterocycles. The quantitative estimate of drug-likeness (QED) is 0.674. The Kier molecular flexibility index (Phi) is 5.60. The van der Waals surface area contributed by atoms with E-state index in [9.17, 15) is 0 Å². The van der Waals surface area contributed by atoms with Crippen molar-refractivity contribution >= 4 is 17.3 Å². The molecule has 2 aromatic heterocycles. The summed E-state index contributed by atoms with van der Waals surface area (Å²) in [5.74, 6) is 1.69. The number of aryl methyl sites for hydroxylation is 1. The van der Waals surface area contributed by atoms with Gasteiger partial charge in [-0.2, -0.15) is 4.98 Å². The SMILES string of the molecule is Cc1nc(-c2ccccc2)sc1COc1ccnc(NCC(C)C)n1. The molecule has 130 valence electrons. The number of aromatic nitrogens is 3. The van der Waals surface area contributed by atoms with Gasteiger partial charge in [0.15, 0.2) is 0 Å². The molecular weight excluding hydrogens is 332 g/mol. The third-order valence-corrected chi connectivity index (χ3v) is 4.74. The van der Waals surface area contributed by atoms with Crippen molar-refractivity contribution in [3.05, 3.63) is 53.2 Å². The van der Waals surface area contributed by atoms with E-state index in [0.717, 1.165) is 27.7 Å². The molecular formula is C19H22N4OS. The van der Waals surface area contributed by atoms with E-state index in [0.29, 0.717) is 24.4 Å². The van der Waals surface area contributed by atoms with Gasteiger partial charge < -0.3 is 10.1 Å². The number of benzene rings is 1. The van der Waals surface area contributed by atoms with Crippen LogP contribution in [0.5, 0.6) is 5.88 Å². The van der Waals surface area contributed by atoms with Crippen molar-refractivity contribution in [1.29, 1.82) is 0 Å². The zero-order valence-electron chi connectivity index (χ0n) is 14.7. The number of nitrogens with zero attached hydrogens (tertiary/aromatic N) is 3. The number of hydrogen-bond acceptors (Lipinski definition) is 6. The normalized spacial score (nSPS) is 10.9. The monoisotopic (exact) mass is 354 g/mol. The van der Waals surface area contributed by atoms with E-state index in [-0.39, 0.29) is 0 Å². The molecule has 1 N–H and O–H groups in total. The molecule has 0 aliphatic carbocycles. The highest BCUT2D eigenvalue weighted by atomic mass is 32.1. The van der Waals surface area contributed by atoms with Crippen LogP contribution in [0.1, 0.15) is 24.4 Å². The summed E-state index contributed by atoms with van der Waals surface area (Å²) in [6.07, 6.45) is 1.71.